The Balaban J connectivity index is 4.43. The van der Waals surface area contributed by atoms with Crippen LogP contribution in [0.15, 0.2) is 48.6 Å². The molecule has 0 bridgehead atoms. The molecule has 0 rings (SSSR count). The van der Waals surface area contributed by atoms with Crippen LogP contribution >= 0.6 is 0 Å². The van der Waals surface area contributed by atoms with Crippen LogP contribution in [-0.4, -0.2) is 80.6 Å². The van der Waals surface area contributed by atoms with Gasteiger partial charge in [0.1, 0.15) is 6.61 Å². The van der Waals surface area contributed by atoms with Gasteiger partial charge in [0.05, 0.1) is 34.4 Å². The number of carboxylic acid groups (broad SMARTS) is 1. The molecular formula is C42H74NO7+. The lowest BCUT2D eigenvalue weighted by Gasteiger charge is -2.31. The lowest BCUT2D eigenvalue weighted by Crippen LogP contribution is -2.50. The molecular weight excluding hydrogens is 630 g/mol. The van der Waals surface area contributed by atoms with Crippen LogP contribution < -0.4 is 0 Å². The second-order valence-corrected chi connectivity index (χ2v) is 14.1. The van der Waals surface area contributed by atoms with Crippen LogP contribution in [0.4, 0.5) is 0 Å². The Kier molecular flexibility index (Phi) is 31.6. The van der Waals surface area contributed by atoms with Crippen molar-refractivity contribution in [1.29, 1.82) is 0 Å². The number of rotatable bonds is 34. The first kappa shape index (κ1) is 47.3. The summed E-state index contributed by atoms with van der Waals surface area (Å²) in [4.78, 5) is 36.8. The monoisotopic (exact) mass is 705 g/mol. The summed E-state index contributed by atoms with van der Waals surface area (Å²) in [7, 11) is 5.50. The minimum atomic E-state index is -0.881. The number of hydrogen-bond donors (Lipinski definition) is 1. The average molecular weight is 705 g/mol. The largest absolute Gasteiger partial charge is 0.477 e. The Bertz CT molecular complexity index is 964. The number of carbonyl (C=O) groups is 3. The number of nitrogens with zero attached hydrogens (tertiary/aromatic N) is 1. The van der Waals surface area contributed by atoms with E-state index >= 15 is 0 Å². The van der Waals surface area contributed by atoms with E-state index in [1.54, 1.807) is 0 Å². The highest BCUT2D eigenvalue weighted by atomic mass is 16.6. The Morgan fingerprint density at radius 3 is 1.54 bits per heavy atom. The summed E-state index contributed by atoms with van der Waals surface area (Å²) in [5, 5.41) is 9.58. The third-order valence-corrected chi connectivity index (χ3v) is 8.47. The van der Waals surface area contributed by atoms with Crippen LogP contribution in [-0.2, 0) is 28.6 Å². The molecule has 1 N–H and O–H groups in total. The summed E-state index contributed by atoms with van der Waals surface area (Å²) in [6.45, 7) is 4.48. The number of quaternary nitrogens is 1. The Morgan fingerprint density at radius 1 is 0.600 bits per heavy atom. The quantitative estimate of drug-likeness (QED) is 0.0308. The summed E-state index contributed by atoms with van der Waals surface area (Å²) in [6, 6.07) is -0.618. The molecule has 0 spiro atoms. The SMILES string of the molecule is CC/C=C/C/C=C/CCCCCCCCCC(=O)OCC(COCCC(C(=O)O)[N+](C)(C)C)OC(=O)CCCCCCC/C=C/C/C=C/CC. The normalized spacial score (nSPS) is 13.5. The van der Waals surface area contributed by atoms with Gasteiger partial charge >= 0.3 is 17.9 Å². The van der Waals surface area contributed by atoms with E-state index < -0.39 is 18.1 Å². The number of carbonyl (C=O) groups excluding carboxylic acids is 2. The smallest absolute Gasteiger partial charge is 0.362 e. The van der Waals surface area contributed by atoms with E-state index in [0.717, 1.165) is 89.9 Å². The maximum absolute atomic E-state index is 12.6. The van der Waals surface area contributed by atoms with Gasteiger partial charge in [-0.15, -0.1) is 0 Å². The molecule has 0 aliphatic rings. The molecule has 0 radical (unpaired) electrons. The predicted octanol–water partition coefficient (Wildman–Crippen LogP) is 10.1. The molecule has 50 heavy (non-hydrogen) atoms. The number of allylic oxidation sites excluding steroid dienone is 8. The van der Waals surface area contributed by atoms with E-state index in [9.17, 15) is 19.5 Å². The molecule has 0 amide bonds. The highest BCUT2D eigenvalue weighted by Crippen LogP contribution is 2.13. The van der Waals surface area contributed by atoms with Gasteiger partial charge < -0.3 is 23.8 Å². The van der Waals surface area contributed by atoms with Crippen LogP contribution in [0.1, 0.15) is 149 Å². The van der Waals surface area contributed by atoms with Crippen molar-refractivity contribution in [3.05, 3.63) is 48.6 Å². The Hall–Kier alpha value is -2.71. The molecule has 0 saturated heterocycles. The van der Waals surface area contributed by atoms with Crippen molar-refractivity contribution in [2.24, 2.45) is 0 Å². The van der Waals surface area contributed by atoms with E-state index in [1.165, 1.54) is 25.7 Å². The summed E-state index contributed by atoms with van der Waals surface area (Å²) >= 11 is 0. The van der Waals surface area contributed by atoms with Gasteiger partial charge in [-0.1, -0.05) is 114 Å². The average Bonchev–Trinajstić information content (AvgIpc) is 3.06. The number of esters is 2. The molecule has 0 fully saturated rings. The van der Waals surface area contributed by atoms with Crippen LogP contribution in [0.5, 0.6) is 0 Å². The number of hydrogen-bond acceptors (Lipinski definition) is 6. The molecule has 8 nitrogen and oxygen atoms in total. The predicted molar refractivity (Wildman–Crippen MR) is 206 cm³/mol. The Morgan fingerprint density at radius 2 is 1.06 bits per heavy atom. The molecule has 0 saturated carbocycles. The first-order valence-corrected chi connectivity index (χ1v) is 19.7. The third kappa shape index (κ3) is 31.3. The van der Waals surface area contributed by atoms with Crippen molar-refractivity contribution in [2.45, 2.75) is 161 Å². The molecule has 2 atom stereocenters. The summed E-state index contributed by atoms with van der Waals surface area (Å²) in [5.74, 6) is -1.50. The van der Waals surface area contributed by atoms with Gasteiger partial charge in [0, 0.05) is 19.3 Å². The van der Waals surface area contributed by atoms with Crippen LogP contribution in [0, 0.1) is 0 Å². The molecule has 0 aromatic rings. The zero-order valence-corrected chi connectivity index (χ0v) is 32.6. The minimum Gasteiger partial charge on any atom is -0.477 e. The van der Waals surface area contributed by atoms with Gasteiger partial charge in [-0.2, -0.15) is 0 Å². The zero-order valence-electron chi connectivity index (χ0n) is 32.6. The lowest BCUT2D eigenvalue weighted by atomic mass is 10.1. The second-order valence-electron chi connectivity index (χ2n) is 14.1. The van der Waals surface area contributed by atoms with Crippen molar-refractivity contribution in [1.82, 2.24) is 0 Å². The van der Waals surface area contributed by atoms with E-state index in [-0.39, 0.29) is 36.2 Å². The lowest BCUT2D eigenvalue weighted by molar-refractivity contribution is -0.887. The molecule has 0 heterocycles. The number of likely N-dealkylation sites (N-methyl/N-ethyl adjacent to an activating group) is 1. The maximum Gasteiger partial charge on any atom is 0.362 e. The van der Waals surface area contributed by atoms with Gasteiger partial charge in [0.25, 0.3) is 0 Å². The fourth-order valence-electron chi connectivity index (χ4n) is 5.46. The van der Waals surface area contributed by atoms with Gasteiger partial charge in [-0.3, -0.25) is 9.59 Å². The van der Waals surface area contributed by atoms with Crippen LogP contribution in [0.3, 0.4) is 0 Å². The zero-order chi connectivity index (χ0) is 37.1. The van der Waals surface area contributed by atoms with Gasteiger partial charge in [-0.25, -0.2) is 4.79 Å². The maximum atomic E-state index is 12.6. The van der Waals surface area contributed by atoms with Crippen molar-refractivity contribution in [2.75, 3.05) is 41.0 Å². The highest BCUT2D eigenvalue weighted by molar-refractivity contribution is 5.72. The first-order chi connectivity index (χ1) is 24.1. The van der Waals surface area contributed by atoms with Crippen molar-refractivity contribution in [3.63, 3.8) is 0 Å². The standard InChI is InChI=1S/C42H73NO7/c1-6-8-10-12-14-16-18-20-21-23-24-26-28-30-32-40(44)49-37-38(36-48-35-34-39(42(46)47)43(3,4)5)50-41(45)33-31-29-27-25-22-19-17-15-13-11-9-7-2/h8-11,14-17,38-39H,6-7,12-13,18-37H2,1-5H3/p+1/b10-8+,11-9+,16-14+,17-15+. The van der Waals surface area contributed by atoms with E-state index in [4.69, 9.17) is 14.2 Å². The van der Waals surface area contributed by atoms with E-state index in [0.29, 0.717) is 19.3 Å². The topological polar surface area (TPSA) is 99.1 Å². The highest BCUT2D eigenvalue weighted by Gasteiger charge is 2.31. The molecule has 0 aromatic carbocycles. The molecule has 2 unspecified atom stereocenters. The van der Waals surface area contributed by atoms with E-state index in [2.05, 4.69) is 62.5 Å². The van der Waals surface area contributed by atoms with Crippen LogP contribution in [0.2, 0.25) is 0 Å². The number of ether oxygens (including phenoxy) is 3. The van der Waals surface area contributed by atoms with E-state index in [1.807, 2.05) is 21.1 Å². The van der Waals surface area contributed by atoms with Gasteiger partial charge in [0.15, 0.2) is 12.1 Å². The number of carboxylic acids is 1. The van der Waals surface area contributed by atoms with Crippen molar-refractivity contribution >= 4 is 17.9 Å². The Labute approximate surface area is 306 Å². The second kappa shape index (κ2) is 33.4. The first-order valence-electron chi connectivity index (χ1n) is 19.7. The molecule has 8 heteroatoms. The fourth-order valence-corrected chi connectivity index (χ4v) is 5.46. The summed E-state index contributed by atoms with van der Waals surface area (Å²) < 4.78 is 17.2. The third-order valence-electron chi connectivity index (χ3n) is 8.47. The molecule has 0 aliphatic heterocycles. The van der Waals surface area contributed by atoms with Crippen molar-refractivity contribution in [3.8, 4) is 0 Å². The summed E-state index contributed by atoms with van der Waals surface area (Å²) in [6.07, 6.45) is 37.2. The molecule has 0 aliphatic carbocycles. The van der Waals surface area contributed by atoms with Gasteiger partial charge in [0.2, 0.25) is 0 Å². The number of aliphatic carboxylic acids is 1. The summed E-state index contributed by atoms with van der Waals surface area (Å²) in [5.41, 5.74) is 0. The number of unbranched alkanes of at least 4 members (excludes halogenated alkanes) is 12. The van der Waals surface area contributed by atoms with Crippen LogP contribution in [0.25, 0.3) is 0 Å². The van der Waals surface area contributed by atoms with Gasteiger partial charge in [-0.05, 0) is 64.2 Å². The fraction of sp³-hybridized carbons (Fsp3) is 0.738. The van der Waals surface area contributed by atoms with Crippen molar-refractivity contribution < 1.29 is 38.2 Å². The molecule has 0 aromatic heterocycles. The minimum absolute atomic E-state index is 0.0515. The molecule has 288 valence electrons.